The number of aryl methyl sites for hydroxylation is 1. The van der Waals surface area contributed by atoms with E-state index >= 15 is 0 Å². The van der Waals surface area contributed by atoms with Crippen LogP contribution in [0.25, 0.3) is 0 Å². The average Bonchev–Trinajstić information content (AvgIpc) is 2.63. The molecule has 15 heavy (non-hydrogen) atoms. The Kier molecular flexibility index (Phi) is 5.61. The predicted octanol–water partition coefficient (Wildman–Crippen LogP) is 1.83. The third-order valence-corrected chi connectivity index (χ3v) is 3.71. The van der Waals surface area contributed by atoms with Crippen molar-refractivity contribution in [1.82, 2.24) is 14.7 Å². The Bertz CT molecular complexity index is 331. The monoisotopic (exact) mass is 242 g/mol. The molecule has 1 aromatic heterocycles. The van der Waals surface area contributed by atoms with Gasteiger partial charge in [0.1, 0.15) is 5.82 Å². The molecule has 1 heterocycles. The molecule has 0 radical (unpaired) electrons. The Morgan fingerprint density at radius 3 is 3.00 bits per heavy atom. The molecule has 0 spiro atoms. The highest BCUT2D eigenvalue weighted by Gasteiger charge is 2.06. The molecule has 1 atom stereocenters. The van der Waals surface area contributed by atoms with Gasteiger partial charge in [0.2, 0.25) is 0 Å². The molecule has 1 unspecified atom stereocenters. The van der Waals surface area contributed by atoms with Crippen LogP contribution in [-0.2, 0) is 0 Å². The smallest absolute Gasteiger partial charge is 0.170 e. The molecule has 0 aromatic carbocycles. The van der Waals surface area contributed by atoms with Crippen molar-refractivity contribution in [3.8, 4) is 6.07 Å². The van der Waals surface area contributed by atoms with Gasteiger partial charge in [-0.25, -0.2) is 4.98 Å². The Morgan fingerprint density at radius 1 is 1.67 bits per heavy atom. The van der Waals surface area contributed by atoms with Gasteiger partial charge >= 0.3 is 0 Å². The molecule has 0 fully saturated rings. The van der Waals surface area contributed by atoms with E-state index in [1.807, 2.05) is 13.8 Å². The maximum Gasteiger partial charge on any atom is 0.170 e. The standard InChI is InChI=1S/C9H14N4S2/c1-3-11-8(6-10)4-5-14-9-12-7(2)13-15-9/h8,11H,3-5H2,1-2H3. The summed E-state index contributed by atoms with van der Waals surface area (Å²) in [7, 11) is 0. The first kappa shape index (κ1) is 12.4. The van der Waals surface area contributed by atoms with Gasteiger partial charge in [-0.15, -0.1) is 0 Å². The Morgan fingerprint density at radius 2 is 2.47 bits per heavy atom. The maximum absolute atomic E-state index is 8.81. The minimum absolute atomic E-state index is 0.0449. The zero-order valence-corrected chi connectivity index (χ0v) is 10.5. The van der Waals surface area contributed by atoms with Crippen molar-refractivity contribution < 1.29 is 0 Å². The van der Waals surface area contributed by atoms with Crippen molar-refractivity contribution in [1.29, 1.82) is 5.26 Å². The number of nitriles is 1. The SMILES string of the molecule is CCNC(C#N)CCSc1nc(C)ns1. The second-order valence-corrected chi connectivity index (χ2v) is 5.08. The van der Waals surface area contributed by atoms with Crippen LogP contribution in [0.2, 0.25) is 0 Å². The van der Waals surface area contributed by atoms with Crippen molar-refractivity contribution in [2.24, 2.45) is 0 Å². The zero-order valence-electron chi connectivity index (χ0n) is 8.86. The van der Waals surface area contributed by atoms with E-state index in [9.17, 15) is 0 Å². The molecule has 0 aliphatic rings. The lowest BCUT2D eigenvalue weighted by molar-refractivity contribution is 0.613. The number of rotatable bonds is 6. The van der Waals surface area contributed by atoms with E-state index in [2.05, 4.69) is 20.7 Å². The van der Waals surface area contributed by atoms with Crippen molar-refractivity contribution >= 4 is 23.3 Å². The van der Waals surface area contributed by atoms with Crippen molar-refractivity contribution in [2.45, 2.75) is 30.6 Å². The minimum Gasteiger partial charge on any atom is -0.302 e. The fourth-order valence-corrected chi connectivity index (χ4v) is 2.78. The largest absolute Gasteiger partial charge is 0.302 e. The summed E-state index contributed by atoms with van der Waals surface area (Å²) in [5.41, 5.74) is 0. The van der Waals surface area contributed by atoms with E-state index < -0.39 is 0 Å². The highest BCUT2D eigenvalue weighted by atomic mass is 32.2. The summed E-state index contributed by atoms with van der Waals surface area (Å²) in [6, 6.07) is 2.19. The molecule has 1 rings (SSSR count). The topological polar surface area (TPSA) is 61.6 Å². The van der Waals surface area contributed by atoms with Crippen LogP contribution in [0.3, 0.4) is 0 Å². The van der Waals surface area contributed by atoms with E-state index in [-0.39, 0.29) is 6.04 Å². The van der Waals surface area contributed by atoms with Crippen LogP contribution in [0.15, 0.2) is 4.34 Å². The molecule has 82 valence electrons. The van der Waals surface area contributed by atoms with E-state index in [0.29, 0.717) is 0 Å². The molecular formula is C9H14N4S2. The molecule has 0 bridgehead atoms. The van der Waals surface area contributed by atoms with E-state index in [1.54, 1.807) is 11.8 Å². The predicted molar refractivity (Wildman–Crippen MR) is 63.1 cm³/mol. The van der Waals surface area contributed by atoms with Gasteiger partial charge in [-0.3, -0.25) is 0 Å². The maximum atomic E-state index is 8.81. The molecule has 0 aliphatic heterocycles. The number of nitrogens with zero attached hydrogens (tertiary/aromatic N) is 3. The van der Waals surface area contributed by atoms with E-state index in [4.69, 9.17) is 5.26 Å². The molecule has 6 heteroatoms. The summed E-state index contributed by atoms with van der Waals surface area (Å²) >= 11 is 3.09. The van der Waals surface area contributed by atoms with Gasteiger partial charge in [-0.05, 0) is 31.4 Å². The quantitative estimate of drug-likeness (QED) is 0.771. The first-order valence-electron chi connectivity index (χ1n) is 4.82. The van der Waals surface area contributed by atoms with Crippen LogP contribution in [0.4, 0.5) is 0 Å². The minimum atomic E-state index is -0.0449. The lowest BCUT2D eigenvalue weighted by atomic mass is 10.2. The molecule has 1 N–H and O–H groups in total. The summed E-state index contributed by atoms with van der Waals surface area (Å²) in [5, 5.41) is 11.9. The number of aromatic nitrogens is 2. The van der Waals surface area contributed by atoms with Crippen LogP contribution in [0.1, 0.15) is 19.2 Å². The van der Waals surface area contributed by atoms with Crippen LogP contribution in [-0.4, -0.2) is 27.7 Å². The molecule has 1 aromatic rings. The molecule has 0 aliphatic carbocycles. The van der Waals surface area contributed by atoms with Gasteiger partial charge in [0.05, 0.1) is 12.1 Å². The molecule has 0 saturated heterocycles. The summed E-state index contributed by atoms with van der Waals surface area (Å²) in [5.74, 6) is 1.73. The average molecular weight is 242 g/mol. The number of nitrogens with one attached hydrogen (secondary N) is 1. The highest BCUT2D eigenvalue weighted by Crippen LogP contribution is 2.20. The normalized spacial score (nSPS) is 12.3. The Balaban J connectivity index is 2.24. The van der Waals surface area contributed by atoms with Crippen molar-refractivity contribution in [3.05, 3.63) is 5.82 Å². The van der Waals surface area contributed by atoms with E-state index in [0.717, 1.165) is 28.9 Å². The number of hydrogen-bond donors (Lipinski definition) is 1. The second kappa shape index (κ2) is 6.77. The Labute approximate surface area is 98.3 Å². The number of hydrogen-bond acceptors (Lipinski definition) is 6. The van der Waals surface area contributed by atoms with Gasteiger partial charge in [0, 0.05) is 5.75 Å². The number of thioether (sulfide) groups is 1. The fourth-order valence-electron chi connectivity index (χ4n) is 1.06. The van der Waals surface area contributed by atoms with Crippen molar-refractivity contribution in [2.75, 3.05) is 12.3 Å². The van der Waals surface area contributed by atoms with Crippen molar-refractivity contribution in [3.63, 3.8) is 0 Å². The highest BCUT2D eigenvalue weighted by molar-refractivity contribution is 8.00. The van der Waals surface area contributed by atoms with Crippen LogP contribution in [0.5, 0.6) is 0 Å². The third-order valence-electron chi connectivity index (χ3n) is 1.75. The van der Waals surface area contributed by atoms with Gasteiger partial charge in [-0.2, -0.15) is 9.64 Å². The molecule has 0 saturated carbocycles. The summed E-state index contributed by atoms with van der Waals surface area (Å²) in [6.07, 6.45) is 0.841. The third kappa shape index (κ3) is 4.60. The molecular weight excluding hydrogens is 228 g/mol. The lowest BCUT2D eigenvalue weighted by Gasteiger charge is -2.07. The van der Waals surface area contributed by atoms with Crippen LogP contribution in [0, 0.1) is 18.3 Å². The molecule has 4 nitrogen and oxygen atoms in total. The second-order valence-electron chi connectivity index (χ2n) is 2.98. The van der Waals surface area contributed by atoms with Gasteiger partial charge in [0.25, 0.3) is 0 Å². The zero-order chi connectivity index (χ0) is 11.1. The van der Waals surface area contributed by atoms with Gasteiger partial charge < -0.3 is 5.32 Å². The summed E-state index contributed by atoms with van der Waals surface area (Å²) in [4.78, 5) is 4.25. The summed E-state index contributed by atoms with van der Waals surface area (Å²) < 4.78 is 5.09. The molecule has 0 amide bonds. The first-order valence-corrected chi connectivity index (χ1v) is 6.58. The van der Waals surface area contributed by atoms with E-state index in [1.165, 1.54) is 11.5 Å². The lowest BCUT2D eigenvalue weighted by Crippen LogP contribution is -2.27. The van der Waals surface area contributed by atoms with Gasteiger partial charge in [-0.1, -0.05) is 18.7 Å². The Hall–Kier alpha value is -0.640. The van der Waals surface area contributed by atoms with Gasteiger partial charge in [0.15, 0.2) is 4.34 Å². The first-order chi connectivity index (χ1) is 7.26. The fraction of sp³-hybridized carbons (Fsp3) is 0.667. The summed E-state index contributed by atoms with van der Waals surface area (Å²) in [6.45, 7) is 4.73. The van der Waals surface area contributed by atoms with Crippen LogP contribution >= 0.6 is 23.3 Å². The van der Waals surface area contributed by atoms with Crippen LogP contribution < -0.4 is 5.32 Å².